The van der Waals surface area contributed by atoms with Crippen LogP contribution in [-0.4, -0.2) is 41.9 Å². The first-order valence-electron chi connectivity index (χ1n) is 12.3. The van der Waals surface area contributed by atoms with Gasteiger partial charge in [0.2, 0.25) is 11.8 Å². The second-order valence-electron chi connectivity index (χ2n) is 10.4. The fourth-order valence-electron chi connectivity index (χ4n) is 5.60. The number of amides is 2. The van der Waals surface area contributed by atoms with E-state index in [0.717, 1.165) is 50.1 Å². The van der Waals surface area contributed by atoms with E-state index in [9.17, 15) is 9.59 Å². The maximum atomic E-state index is 12.8. The van der Waals surface area contributed by atoms with E-state index < -0.39 is 0 Å². The Hall–Kier alpha value is -2.04. The number of rotatable bonds is 6. The van der Waals surface area contributed by atoms with Crippen LogP contribution in [0.25, 0.3) is 0 Å². The van der Waals surface area contributed by atoms with Crippen molar-refractivity contribution < 1.29 is 14.3 Å². The van der Waals surface area contributed by atoms with E-state index in [-0.39, 0.29) is 17.4 Å². The minimum atomic E-state index is -0.262. The van der Waals surface area contributed by atoms with Gasteiger partial charge in [0, 0.05) is 51.2 Å². The van der Waals surface area contributed by atoms with E-state index >= 15 is 0 Å². The first kappa shape index (κ1) is 22.2. The number of hydrogen-bond acceptors (Lipinski definition) is 3. The molecule has 1 saturated heterocycles. The van der Waals surface area contributed by atoms with Crippen molar-refractivity contribution in [2.24, 2.45) is 11.8 Å². The number of nitrogens with zero attached hydrogens (tertiary/aromatic N) is 1. The van der Waals surface area contributed by atoms with Gasteiger partial charge in [0.05, 0.1) is 0 Å². The molecule has 1 N–H and O–H groups in total. The average Bonchev–Trinajstić information content (AvgIpc) is 3.26. The molecule has 5 nitrogen and oxygen atoms in total. The van der Waals surface area contributed by atoms with E-state index in [1.807, 2.05) is 18.2 Å². The Bertz CT molecular complexity index is 777. The van der Waals surface area contributed by atoms with E-state index in [0.29, 0.717) is 30.7 Å². The third-order valence-electron chi connectivity index (χ3n) is 7.41. The molecule has 0 unspecified atom stereocenters. The number of ether oxygens (including phenoxy) is 1. The van der Waals surface area contributed by atoms with Gasteiger partial charge in [-0.25, -0.2) is 0 Å². The largest absolute Gasteiger partial charge is 0.487 e. The SMILES string of the molecule is CC(C)CNC(=O)C[C@H]1CC2(CCN(C(=O)CC3CCCC3)CC2)Oc2ccccc21. The molecule has 0 aromatic heterocycles. The number of nitrogens with one attached hydrogen (secondary N) is 1. The molecule has 2 amide bonds. The van der Waals surface area contributed by atoms with Gasteiger partial charge in [-0.2, -0.15) is 0 Å². The molecule has 1 atom stereocenters. The van der Waals surface area contributed by atoms with Crippen LogP contribution in [0.2, 0.25) is 0 Å². The molecule has 5 heteroatoms. The Morgan fingerprint density at radius 3 is 2.55 bits per heavy atom. The Labute approximate surface area is 186 Å². The van der Waals surface area contributed by atoms with Crippen LogP contribution in [0.1, 0.15) is 83.1 Å². The Morgan fingerprint density at radius 2 is 1.84 bits per heavy atom. The van der Waals surface area contributed by atoms with Crippen molar-refractivity contribution in [3.05, 3.63) is 29.8 Å². The molecule has 4 rings (SSSR count). The lowest BCUT2D eigenvalue weighted by Gasteiger charge is -2.47. The molecule has 1 aromatic carbocycles. The standard InChI is InChI=1S/C26H38N2O3/c1-19(2)18-27-24(29)16-21-17-26(31-23-10-6-5-9-22(21)23)11-13-28(14-12-26)25(30)15-20-7-3-4-8-20/h5-6,9-10,19-21H,3-4,7-8,11-18H2,1-2H3,(H,27,29)/t21-/m0/s1. The molecule has 3 aliphatic rings. The monoisotopic (exact) mass is 426 g/mol. The third kappa shape index (κ3) is 5.42. The lowest BCUT2D eigenvalue weighted by Crippen LogP contribution is -2.52. The number of piperidine rings is 1. The van der Waals surface area contributed by atoms with Crippen molar-refractivity contribution in [1.82, 2.24) is 10.2 Å². The number of hydrogen-bond donors (Lipinski definition) is 1. The zero-order chi connectivity index (χ0) is 21.8. The molecule has 31 heavy (non-hydrogen) atoms. The molecule has 1 aromatic rings. The molecule has 2 aliphatic heterocycles. The fraction of sp³-hybridized carbons (Fsp3) is 0.692. The van der Waals surface area contributed by atoms with Gasteiger partial charge in [-0.3, -0.25) is 9.59 Å². The second-order valence-corrected chi connectivity index (χ2v) is 10.4. The van der Waals surface area contributed by atoms with Crippen LogP contribution < -0.4 is 10.1 Å². The van der Waals surface area contributed by atoms with Crippen LogP contribution in [0.5, 0.6) is 5.75 Å². The molecule has 1 spiro atoms. The van der Waals surface area contributed by atoms with Crippen LogP contribution in [-0.2, 0) is 9.59 Å². The predicted molar refractivity (Wildman–Crippen MR) is 122 cm³/mol. The first-order valence-corrected chi connectivity index (χ1v) is 12.3. The average molecular weight is 427 g/mol. The van der Waals surface area contributed by atoms with E-state index in [1.165, 1.54) is 25.7 Å². The quantitative estimate of drug-likeness (QED) is 0.720. The molecule has 0 bridgehead atoms. The fourth-order valence-corrected chi connectivity index (χ4v) is 5.60. The summed E-state index contributed by atoms with van der Waals surface area (Å²) in [6.07, 6.45) is 8.75. The van der Waals surface area contributed by atoms with Crippen molar-refractivity contribution in [2.45, 2.75) is 83.2 Å². The molecule has 1 aliphatic carbocycles. The number of likely N-dealkylation sites (tertiary alicyclic amines) is 1. The van der Waals surface area contributed by atoms with Gasteiger partial charge in [0.15, 0.2) is 0 Å². The van der Waals surface area contributed by atoms with Gasteiger partial charge < -0.3 is 15.0 Å². The summed E-state index contributed by atoms with van der Waals surface area (Å²) in [5.74, 6) is 2.56. The number of fused-ring (bicyclic) bond motifs is 1. The predicted octanol–water partition coefficient (Wildman–Crippen LogP) is 4.66. The second kappa shape index (κ2) is 9.62. The lowest BCUT2D eigenvalue weighted by atomic mass is 9.76. The van der Waals surface area contributed by atoms with E-state index in [4.69, 9.17) is 4.74 Å². The third-order valence-corrected chi connectivity index (χ3v) is 7.41. The first-order chi connectivity index (χ1) is 14.9. The summed E-state index contributed by atoms with van der Waals surface area (Å²) in [7, 11) is 0. The number of benzene rings is 1. The van der Waals surface area contributed by atoms with Crippen LogP contribution in [0.3, 0.4) is 0 Å². The van der Waals surface area contributed by atoms with Gasteiger partial charge in [0.25, 0.3) is 0 Å². The molecular weight excluding hydrogens is 388 g/mol. The Morgan fingerprint density at radius 1 is 1.13 bits per heavy atom. The normalized spacial score (nSPS) is 22.9. The van der Waals surface area contributed by atoms with Crippen molar-refractivity contribution >= 4 is 11.8 Å². The highest BCUT2D eigenvalue weighted by Crippen LogP contribution is 2.46. The molecule has 2 heterocycles. The molecule has 2 fully saturated rings. The minimum absolute atomic E-state index is 0.120. The summed E-state index contributed by atoms with van der Waals surface area (Å²) in [5, 5.41) is 3.08. The van der Waals surface area contributed by atoms with Crippen molar-refractivity contribution in [1.29, 1.82) is 0 Å². The van der Waals surface area contributed by atoms with Crippen LogP contribution in [0.4, 0.5) is 0 Å². The summed E-state index contributed by atoms with van der Waals surface area (Å²) in [5.41, 5.74) is 0.883. The maximum absolute atomic E-state index is 12.8. The smallest absolute Gasteiger partial charge is 0.222 e. The Kier molecular flexibility index (Phi) is 6.88. The van der Waals surface area contributed by atoms with Gasteiger partial charge in [-0.1, -0.05) is 44.9 Å². The zero-order valence-corrected chi connectivity index (χ0v) is 19.2. The van der Waals surface area contributed by atoms with E-state index in [1.54, 1.807) is 0 Å². The number of carbonyl (C=O) groups excluding carboxylic acids is 2. The van der Waals surface area contributed by atoms with Crippen LogP contribution in [0, 0.1) is 11.8 Å². The number of carbonyl (C=O) groups is 2. The summed E-state index contributed by atoms with van der Waals surface area (Å²) >= 11 is 0. The molecule has 0 radical (unpaired) electrons. The van der Waals surface area contributed by atoms with Gasteiger partial charge >= 0.3 is 0 Å². The summed E-state index contributed by atoms with van der Waals surface area (Å²) in [6, 6.07) is 8.17. The maximum Gasteiger partial charge on any atom is 0.222 e. The topological polar surface area (TPSA) is 58.6 Å². The van der Waals surface area contributed by atoms with Crippen LogP contribution in [0.15, 0.2) is 24.3 Å². The van der Waals surface area contributed by atoms with Crippen molar-refractivity contribution in [3.63, 3.8) is 0 Å². The lowest BCUT2D eigenvalue weighted by molar-refractivity contribution is -0.136. The van der Waals surface area contributed by atoms with Gasteiger partial charge in [0.1, 0.15) is 11.4 Å². The van der Waals surface area contributed by atoms with Gasteiger partial charge in [-0.15, -0.1) is 0 Å². The molecular formula is C26H38N2O3. The highest BCUT2D eigenvalue weighted by molar-refractivity contribution is 5.77. The van der Waals surface area contributed by atoms with Crippen LogP contribution >= 0.6 is 0 Å². The highest BCUT2D eigenvalue weighted by atomic mass is 16.5. The van der Waals surface area contributed by atoms with E-state index in [2.05, 4.69) is 30.1 Å². The Balaban J connectivity index is 1.40. The van der Waals surface area contributed by atoms with Crippen molar-refractivity contribution in [3.8, 4) is 5.75 Å². The zero-order valence-electron chi connectivity index (χ0n) is 19.2. The number of para-hydroxylation sites is 1. The minimum Gasteiger partial charge on any atom is -0.487 e. The molecule has 1 saturated carbocycles. The van der Waals surface area contributed by atoms with Gasteiger partial charge in [-0.05, 0) is 42.7 Å². The summed E-state index contributed by atoms with van der Waals surface area (Å²) < 4.78 is 6.56. The highest BCUT2D eigenvalue weighted by Gasteiger charge is 2.44. The van der Waals surface area contributed by atoms with Crippen molar-refractivity contribution in [2.75, 3.05) is 19.6 Å². The molecule has 170 valence electrons. The summed E-state index contributed by atoms with van der Waals surface area (Å²) in [6.45, 7) is 6.47. The summed E-state index contributed by atoms with van der Waals surface area (Å²) in [4.78, 5) is 27.4.